The van der Waals surface area contributed by atoms with Crippen molar-refractivity contribution in [2.45, 2.75) is 6.61 Å². The van der Waals surface area contributed by atoms with E-state index in [2.05, 4.69) is 31.2 Å². The molecule has 3 aromatic rings. The first kappa shape index (κ1) is 13.7. The van der Waals surface area contributed by atoms with Gasteiger partial charge in [-0.05, 0) is 22.9 Å². The molecule has 0 atom stereocenters. The number of rotatable bonds is 6. The molecule has 0 saturated carbocycles. The van der Waals surface area contributed by atoms with E-state index in [4.69, 9.17) is 4.74 Å². The summed E-state index contributed by atoms with van der Waals surface area (Å²) in [5.74, 6) is 1.06. The fourth-order valence-electron chi connectivity index (χ4n) is 1.82. The quantitative estimate of drug-likeness (QED) is 0.537. The number of para-hydroxylation sites is 1. The van der Waals surface area contributed by atoms with Crippen LogP contribution in [0.2, 0.25) is 0 Å². The van der Waals surface area contributed by atoms with Crippen LogP contribution in [0.25, 0.3) is 0 Å². The van der Waals surface area contributed by atoms with E-state index in [1.165, 1.54) is 0 Å². The van der Waals surface area contributed by atoms with E-state index < -0.39 is 0 Å². The number of tetrazole rings is 1. The van der Waals surface area contributed by atoms with Gasteiger partial charge in [-0.2, -0.15) is 10.3 Å². The molecule has 0 fully saturated rings. The third-order valence-electron chi connectivity index (χ3n) is 2.87. The number of hydrogen-bond donors (Lipinski definition) is 2. The third kappa shape index (κ3) is 3.66. The molecule has 0 amide bonds. The molecular formula is C15H14N6O. The van der Waals surface area contributed by atoms with Crippen molar-refractivity contribution < 1.29 is 4.74 Å². The van der Waals surface area contributed by atoms with Crippen molar-refractivity contribution in [2.75, 3.05) is 5.43 Å². The van der Waals surface area contributed by atoms with Crippen LogP contribution in [0.15, 0.2) is 59.7 Å². The number of hydrazone groups is 1. The Morgan fingerprint density at radius 1 is 1.09 bits per heavy atom. The second-order valence-electron chi connectivity index (χ2n) is 4.42. The molecule has 0 unspecified atom stereocenters. The van der Waals surface area contributed by atoms with Crippen LogP contribution in [-0.4, -0.2) is 26.8 Å². The molecule has 110 valence electrons. The minimum atomic E-state index is 0.305. The van der Waals surface area contributed by atoms with E-state index in [1.807, 2.05) is 54.6 Å². The van der Waals surface area contributed by atoms with Gasteiger partial charge in [0.05, 0.1) is 6.21 Å². The highest BCUT2D eigenvalue weighted by molar-refractivity contribution is 5.83. The van der Waals surface area contributed by atoms with Gasteiger partial charge in [0.1, 0.15) is 12.4 Å². The Balaban J connectivity index is 1.65. The number of nitrogens with zero attached hydrogens (tertiary/aromatic N) is 4. The Morgan fingerprint density at radius 2 is 1.91 bits per heavy atom. The summed E-state index contributed by atoms with van der Waals surface area (Å²) in [6.07, 6.45) is 1.65. The lowest BCUT2D eigenvalue weighted by molar-refractivity contribution is 0.306. The number of hydrogen-bond acceptors (Lipinski definition) is 6. The number of aromatic nitrogens is 4. The normalized spacial score (nSPS) is 10.7. The highest BCUT2D eigenvalue weighted by atomic mass is 16.5. The SMILES string of the molecule is C(=NNc1nn[nH]n1)c1ccccc1OCc1ccccc1. The van der Waals surface area contributed by atoms with Crippen molar-refractivity contribution in [1.82, 2.24) is 20.6 Å². The number of H-pyrrole nitrogens is 1. The average Bonchev–Trinajstić information content (AvgIpc) is 3.08. The van der Waals surface area contributed by atoms with Crippen LogP contribution in [-0.2, 0) is 6.61 Å². The van der Waals surface area contributed by atoms with Gasteiger partial charge in [-0.15, -0.1) is 5.10 Å². The van der Waals surface area contributed by atoms with Crippen LogP contribution < -0.4 is 10.2 Å². The average molecular weight is 294 g/mol. The van der Waals surface area contributed by atoms with E-state index in [0.29, 0.717) is 12.6 Å². The maximum Gasteiger partial charge on any atom is 0.283 e. The number of benzene rings is 2. The first-order valence-electron chi connectivity index (χ1n) is 6.70. The number of anilines is 1. The van der Waals surface area contributed by atoms with Gasteiger partial charge in [0.2, 0.25) is 0 Å². The molecular weight excluding hydrogens is 280 g/mol. The van der Waals surface area contributed by atoms with Crippen LogP contribution >= 0.6 is 0 Å². The van der Waals surface area contributed by atoms with Gasteiger partial charge < -0.3 is 4.74 Å². The van der Waals surface area contributed by atoms with Crippen molar-refractivity contribution in [3.05, 3.63) is 65.7 Å². The summed E-state index contributed by atoms with van der Waals surface area (Å²) in [6.45, 7) is 0.504. The lowest BCUT2D eigenvalue weighted by atomic mass is 10.2. The molecule has 0 bridgehead atoms. The zero-order valence-corrected chi connectivity index (χ0v) is 11.7. The van der Waals surface area contributed by atoms with E-state index in [0.717, 1.165) is 16.9 Å². The topological polar surface area (TPSA) is 88.1 Å². The van der Waals surface area contributed by atoms with Gasteiger partial charge in [-0.1, -0.05) is 47.6 Å². The summed E-state index contributed by atoms with van der Waals surface area (Å²) in [5, 5.41) is 17.3. The maximum absolute atomic E-state index is 5.84. The van der Waals surface area contributed by atoms with Crippen LogP contribution in [0.3, 0.4) is 0 Å². The van der Waals surface area contributed by atoms with E-state index >= 15 is 0 Å². The molecule has 0 aliphatic rings. The molecule has 2 aromatic carbocycles. The van der Waals surface area contributed by atoms with Crippen LogP contribution in [0.1, 0.15) is 11.1 Å². The fourth-order valence-corrected chi connectivity index (χ4v) is 1.82. The lowest BCUT2D eigenvalue weighted by Gasteiger charge is -2.08. The van der Waals surface area contributed by atoms with Gasteiger partial charge >= 0.3 is 0 Å². The molecule has 7 heteroatoms. The first-order chi connectivity index (χ1) is 10.9. The molecule has 3 rings (SSSR count). The molecule has 0 aliphatic carbocycles. The summed E-state index contributed by atoms with van der Waals surface area (Å²) in [6, 6.07) is 17.7. The number of ether oxygens (including phenoxy) is 1. The molecule has 0 saturated heterocycles. The molecule has 0 spiro atoms. The molecule has 1 heterocycles. The largest absolute Gasteiger partial charge is 0.488 e. The molecule has 1 aromatic heterocycles. The molecule has 22 heavy (non-hydrogen) atoms. The minimum Gasteiger partial charge on any atom is -0.488 e. The van der Waals surface area contributed by atoms with Crippen molar-refractivity contribution in [3.63, 3.8) is 0 Å². The van der Waals surface area contributed by atoms with Gasteiger partial charge in [-0.25, -0.2) is 5.43 Å². The van der Waals surface area contributed by atoms with Crippen LogP contribution in [0, 0.1) is 0 Å². The summed E-state index contributed by atoms with van der Waals surface area (Å²) >= 11 is 0. The predicted octanol–water partition coefficient (Wildman–Crippen LogP) is 2.22. The zero-order chi connectivity index (χ0) is 15.0. The monoisotopic (exact) mass is 294 g/mol. The van der Waals surface area contributed by atoms with Crippen molar-refractivity contribution in [2.24, 2.45) is 5.10 Å². The Hall–Kier alpha value is -3.22. The molecule has 0 aliphatic heterocycles. The summed E-state index contributed by atoms with van der Waals surface area (Å²) < 4.78 is 5.84. The van der Waals surface area contributed by atoms with Crippen molar-refractivity contribution >= 4 is 12.2 Å². The number of aromatic amines is 1. The maximum atomic E-state index is 5.84. The number of nitrogens with one attached hydrogen (secondary N) is 2. The Labute approximate surface area is 127 Å². The van der Waals surface area contributed by atoms with Gasteiger partial charge in [0.15, 0.2) is 0 Å². The van der Waals surface area contributed by atoms with Crippen LogP contribution in [0.5, 0.6) is 5.75 Å². The standard InChI is InChI=1S/C15H14N6O/c1-2-6-12(7-3-1)11-22-14-9-5-4-8-13(14)10-16-17-15-18-20-21-19-15/h1-10H,11H2,(H2,17,18,19,20,21). The summed E-state index contributed by atoms with van der Waals surface area (Å²) in [7, 11) is 0. The Morgan fingerprint density at radius 3 is 2.73 bits per heavy atom. The minimum absolute atomic E-state index is 0.305. The van der Waals surface area contributed by atoms with Crippen LogP contribution in [0.4, 0.5) is 5.95 Å². The third-order valence-corrected chi connectivity index (χ3v) is 2.87. The lowest BCUT2D eigenvalue weighted by Crippen LogP contribution is -1.99. The smallest absolute Gasteiger partial charge is 0.283 e. The fraction of sp³-hybridized carbons (Fsp3) is 0.0667. The van der Waals surface area contributed by atoms with Gasteiger partial charge in [0, 0.05) is 5.56 Å². The summed E-state index contributed by atoms with van der Waals surface area (Å²) in [4.78, 5) is 0. The van der Waals surface area contributed by atoms with E-state index in [9.17, 15) is 0 Å². The zero-order valence-electron chi connectivity index (χ0n) is 11.7. The van der Waals surface area contributed by atoms with Crippen molar-refractivity contribution in [1.29, 1.82) is 0 Å². The van der Waals surface area contributed by atoms with E-state index in [-0.39, 0.29) is 0 Å². The van der Waals surface area contributed by atoms with Crippen molar-refractivity contribution in [3.8, 4) is 5.75 Å². The van der Waals surface area contributed by atoms with E-state index in [1.54, 1.807) is 6.21 Å². The highest BCUT2D eigenvalue weighted by Crippen LogP contribution is 2.17. The first-order valence-corrected chi connectivity index (χ1v) is 6.70. The Bertz CT molecular complexity index is 727. The summed E-state index contributed by atoms with van der Waals surface area (Å²) in [5.41, 5.74) is 4.64. The Kier molecular flexibility index (Phi) is 4.36. The molecule has 0 radical (unpaired) electrons. The second-order valence-corrected chi connectivity index (χ2v) is 4.42. The van der Waals surface area contributed by atoms with Gasteiger partial charge in [0.25, 0.3) is 5.95 Å². The predicted molar refractivity (Wildman–Crippen MR) is 82.6 cm³/mol. The highest BCUT2D eigenvalue weighted by Gasteiger charge is 2.01. The van der Waals surface area contributed by atoms with Gasteiger partial charge in [-0.3, -0.25) is 0 Å². The molecule has 7 nitrogen and oxygen atoms in total. The molecule has 2 N–H and O–H groups in total. The second kappa shape index (κ2) is 6.98.